The summed E-state index contributed by atoms with van der Waals surface area (Å²) in [5, 5.41) is 13.3. The van der Waals surface area contributed by atoms with Gasteiger partial charge in [0.2, 0.25) is 0 Å². The molecule has 15 heavy (non-hydrogen) atoms. The number of benzene rings is 1. The van der Waals surface area contributed by atoms with Gasteiger partial charge < -0.3 is 10.4 Å². The molecule has 0 aromatic heterocycles. The molecule has 1 unspecified atom stereocenters. The highest BCUT2D eigenvalue weighted by Gasteiger charge is 2.30. The lowest BCUT2D eigenvalue weighted by Crippen LogP contribution is -2.31. The second-order valence-corrected chi connectivity index (χ2v) is 5.59. The van der Waals surface area contributed by atoms with E-state index in [9.17, 15) is 5.11 Å². The predicted molar refractivity (Wildman–Crippen MR) is 65.0 cm³/mol. The molecule has 0 amide bonds. The van der Waals surface area contributed by atoms with Crippen molar-refractivity contribution in [3.63, 3.8) is 0 Å². The molecule has 2 rings (SSSR count). The Bertz CT molecular complexity index is 376. The molecule has 82 valence electrons. The summed E-state index contributed by atoms with van der Waals surface area (Å²) in [4.78, 5) is 0. The molecule has 3 heteroatoms. The van der Waals surface area contributed by atoms with E-state index in [0.717, 1.165) is 16.6 Å². The largest absolute Gasteiger partial charge is 0.387 e. The first-order valence-electron chi connectivity index (χ1n) is 5.20. The van der Waals surface area contributed by atoms with Crippen LogP contribution in [0.2, 0.25) is 0 Å². The van der Waals surface area contributed by atoms with Crippen molar-refractivity contribution >= 4 is 15.9 Å². The minimum atomic E-state index is -0.403. The Morgan fingerprint density at radius 1 is 1.47 bits per heavy atom. The minimum Gasteiger partial charge on any atom is -0.387 e. The highest BCUT2D eigenvalue weighted by molar-refractivity contribution is 9.10. The zero-order valence-electron chi connectivity index (χ0n) is 9.05. The van der Waals surface area contributed by atoms with Crippen LogP contribution in [0.25, 0.3) is 0 Å². The fourth-order valence-electron chi connectivity index (χ4n) is 2.25. The van der Waals surface area contributed by atoms with Crippen LogP contribution in [0.5, 0.6) is 0 Å². The zero-order valence-corrected chi connectivity index (χ0v) is 10.6. The lowest BCUT2D eigenvalue weighted by molar-refractivity contribution is 0.177. The van der Waals surface area contributed by atoms with Crippen LogP contribution in [-0.2, 0) is 5.41 Å². The highest BCUT2D eigenvalue weighted by atomic mass is 79.9. The summed E-state index contributed by atoms with van der Waals surface area (Å²) in [6.07, 6.45) is -0.403. The van der Waals surface area contributed by atoms with Crippen LogP contribution in [0.1, 0.15) is 31.1 Å². The Morgan fingerprint density at radius 3 is 2.93 bits per heavy atom. The van der Waals surface area contributed by atoms with Crippen LogP contribution >= 0.6 is 15.9 Å². The molecule has 0 spiro atoms. The fourth-order valence-corrected chi connectivity index (χ4v) is 3.17. The molecule has 0 saturated carbocycles. The van der Waals surface area contributed by atoms with Gasteiger partial charge in [-0.25, -0.2) is 0 Å². The third kappa shape index (κ3) is 1.96. The van der Waals surface area contributed by atoms with Crippen molar-refractivity contribution < 1.29 is 5.11 Å². The summed E-state index contributed by atoms with van der Waals surface area (Å²) >= 11 is 3.58. The first-order chi connectivity index (χ1) is 7.02. The van der Waals surface area contributed by atoms with Crippen molar-refractivity contribution in [2.45, 2.75) is 25.4 Å². The third-order valence-corrected chi connectivity index (χ3v) is 3.65. The minimum absolute atomic E-state index is 0.0485. The van der Waals surface area contributed by atoms with Crippen molar-refractivity contribution in [1.82, 2.24) is 5.32 Å². The van der Waals surface area contributed by atoms with E-state index in [0.29, 0.717) is 6.54 Å². The van der Waals surface area contributed by atoms with Crippen LogP contribution in [0, 0.1) is 0 Å². The van der Waals surface area contributed by atoms with E-state index < -0.39 is 6.10 Å². The number of aliphatic hydroxyl groups excluding tert-OH is 1. The third-order valence-electron chi connectivity index (χ3n) is 2.99. The first-order valence-corrected chi connectivity index (χ1v) is 5.99. The molecule has 2 N–H and O–H groups in total. The summed E-state index contributed by atoms with van der Waals surface area (Å²) in [5.74, 6) is 0. The van der Waals surface area contributed by atoms with Gasteiger partial charge in [0.25, 0.3) is 0 Å². The number of nitrogens with one attached hydrogen (secondary N) is 1. The highest BCUT2D eigenvalue weighted by Crippen LogP contribution is 2.37. The summed E-state index contributed by atoms with van der Waals surface area (Å²) in [6, 6.07) is 6.03. The second kappa shape index (κ2) is 3.89. The molecule has 1 aliphatic heterocycles. The van der Waals surface area contributed by atoms with E-state index in [1.54, 1.807) is 0 Å². The van der Waals surface area contributed by atoms with Gasteiger partial charge in [-0.05, 0) is 17.2 Å². The molecule has 1 aliphatic rings. The van der Waals surface area contributed by atoms with Gasteiger partial charge in [0.05, 0.1) is 6.10 Å². The van der Waals surface area contributed by atoms with Gasteiger partial charge in [-0.2, -0.15) is 0 Å². The van der Waals surface area contributed by atoms with E-state index in [1.165, 1.54) is 5.56 Å². The maximum Gasteiger partial charge on any atom is 0.0917 e. The van der Waals surface area contributed by atoms with E-state index in [4.69, 9.17) is 0 Å². The molecule has 0 bridgehead atoms. The summed E-state index contributed by atoms with van der Waals surface area (Å²) in [7, 11) is 0. The van der Waals surface area contributed by atoms with Crippen LogP contribution in [-0.4, -0.2) is 18.2 Å². The molecule has 0 radical (unpaired) electrons. The molecule has 1 aromatic rings. The molecule has 0 fully saturated rings. The quantitative estimate of drug-likeness (QED) is 0.758. The number of fused-ring (bicyclic) bond motifs is 1. The molecule has 1 aromatic carbocycles. The molecule has 1 atom stereocenters. The molecular formula is C12H16BrNO. The monoisotopic (exact) mass is 269 g/mol. The van der Waals surface area contributed by atoms with Crippen LogP contribution in [0.4, 0.5) is 0 Å². The summed E-state index contributed by atoms with van der Waals surface area (Å²) < 4.78 is 1.09. The van der Waals surface area contributed by atoms with E-state index in [2.05, 4.69) is 35.1 Å². The van der Waals surface area contributed by atoms with Crippen molar-refractivity contribution in [2.24, 2.45) is 0 Å². The van der Waals surface area contributed by atoms with Gasteiger partial charge in [0.1, 0.15) is 0 Å². The Hall–Kier alpha value is -0.380. The van der Waals surface area contributed by atoms with Gasteiger partial charge in [-0.15, -0.1) is 0 Å². The van der Waals surface area contributed by atoms with Crippen molar-refractivity contribution in [2.75, 3.05) is 13.1 Å². The SMILES string of the molecule is CC1(C)CNCC(O)c2cccc(Br)c21. The lowest BCUT2D eigenvalue weighted by atomic mass is 9.81. The number of hydrogen-bond donors (Lipinski definition) is 2. The standard InChI is InChI=1S/C12H16BrNO/c1-12(2)7-14-6-10(15)8-4-3-5-9(13)11(8)12/h3-5,10,14-15H,6-7H2,1-2H3. The first kappa shape index (κ1) is 11.1. The van der Waals surface area contributed by atoms with Crippen molar-refractivity contribution in [1.29, 1.82) is 0 Å². The second-order valence-electron chi connectivity index (χ2n) is 4.73. The van der Waals surface area contributed by atoms with Gasteiger partial charge >= 0.3 is 0 Å². The van der Waals surface area contributed by atoms with Gasteiger partial charge in [-0.1, -0.05) is 41.9 Å². The Labute approximate surface area is 98.8 Å². The zero-order chi connectivity index (χ0) is 11.1. The van der Waals surface area contributed by atoms with Crippen LogP contribution in [0.3, 0.4) is 0 Å². The smallest absolute Gasteiger partial charge is 0.0917 e. The van der Waals surface area contributed by atoms with Gasteiger partial charge in [-0.3, -0.25) is 0 Å². The van der Waals surface area contributed by atoms with Gasteiger partial charge in [0, 0.05) is 23.0 Å². The van der Waals surface area contributed by atoms with Crippen LogP contribution in [0.15, 0.2) is 22.7 Å². The number of aliphatic hydroxyl groups is 1. The number of halogens is 1. The maximum absolute atomic E-state index is 10.0. The van der Waals surface area contributed by atoms with E-state index in [1.807, 2.05) is 18.2 Å². The topological polar surface area (TPSA) is 32.3 Å². The Balaban J connectivity index is 2.62. The lowest BCUT2D eigenvalue weighted by Gasteiger charge is -2.26. The average molecular weight is 270 g/mol. The van der Waals surface area contributed by atoms with Gasteiger partial charge in [0.15, 0.2) is 0 Å². The molecule has 1 heterocycles. The maximum atomic E-state index is 10.0. The fraction of sp³-hybridized carbons (Fsp3) is 0.500. The normalized spacial score (nSPS) is 24.4. The van der Waals surface area contributed by atoms with E-state index in [-0.39, 0.29) is 5.41 Å². The summed E-state index contributed by atoms with van der Waals surface area (Å²) in [5.41, 5.74) is 2.31. The predicted octanol–water partition coefficient (Wildman–Crippen LogP) is 2.36. The molecule has 0 aliphatic carbocycles. The molecular weight excluding hydrogens is 254 g/mol. The molecule has 2 nitrogen and oxygen atoms in total. The van der Waals surface area contributed by atoms with Crippen LogP contribution < -0.4 is 5.32 Å². The Kier molecular flexibility index (Phi) is 2.88. The van der Waals surface area contributed by atoms with Crippen molar-refractivity contribution in [3.05, 3.63) is 33.8 Å². The molecule has 0 saturated heterocycles. The number of hydrogen-bond acceptors (Lipinski definition) is 2. The average Bonchev–Trinajstić information content (AvgIpc) is 2.26. The number of β-amino-alcohol motifs (C(OH)–C–C–N with tert-alkyl or cyclic N) is 1. The number of rotatable bonds is 0. The Morgan fingerprint density at radius 2 is 2.20 bits per heavy atom. The van der Waals surface area contributed by atoms with Crippen molar-refractivity contribution in [3.8, 4) is 0 Å². The summed E-state index contributed by atoms with van der Waals surface area (Å²) in [6.45, 7) is 5.91. The van der Waals surface area contributed by atoms with E-state index >= 15 is 0 Å².